The Labute approximate surface area is 202 Å². The fourth-order valence-corrected chi connectivity index (χ4v) is 3.70. The third-order valence-electron chi connectivity index (χ3n) is 5.65. The Morgan fingerprint density at radius 1 is 0.600 bits per heavy atom. The summed E-state index contributed by atoms with van der Waals surface area (Å²) in [6, 6.07) is 17.8. The van der Waals surface area contributed by atoms with Gasteiger partial charge in [-0.15, -0.1) is 0 Å². The molecular weight excluding hydrogens is 448 g/mol. The maximum absolute atomic E-state index is 14.4. The molecular formula is C31H22F4. The zero-order valence-corrected chi connectivity index (χ0v) is 19.2. The molecule has 0 spiro atoms. The van der Waals surface area contributed by atoms with Crippen LogP contribution in [0.15, 0.2) is 66.7 Å². The van der Waals surface area contributed by atoms with Crippen LogP contribution in [0, 0.1) is 47.0 Å². The van der Waals surface area contributed by atoms with Gasteiger partial charge in [-0.25, -0.2) is 17.6 Å². The van der Waals surface area contributed by atoms with Gasteiger partial charge < -0.3 is 0 Å². The van der Waals surface area contributed by atoms with Crippen LogP contribution in [0.3, 0.4) is 0 Å². The quantitative estimate of drug-likeness (QED) is 0.123. The van der Waals surface area contributed by atoms with Crippen molar-refractivity contribution in [2.75, 3.05) is 0 Å². The van der Waals surface area contributed by atoms with E-state index in [4.69, 9.17) is 0 Å². The number of hydrogen-bond donors (Lipinski definition) is 0. The zero-order chi connectivity index (χ0) is 24.8. The molecule has 0 unspecified atom stereocenters. The normalized spacial score (nSPS) is 10.4. The van der Waals surface area contributed by atoms with Gasteiger partial charge in [0, 0.05) is 22.1 Å². The minimum atomic E-state index is -1.48. The summed E-state index contributed by atoms with van der Waals surface area (Å²) in [7, 11) is 0. The van der Waals surface area contributed by atoms with Crippen molar-refractivity contribution in [3.8, 4) is 23.7 Å². The molecule has 35 heavy (non-hydrogen) atoms. The van der Waals surface area contributed by atoms with Crippen LogP contribution in [0.5, 0.6) is 0 Å². The molecule has 174 valence electrons. The van der Waals surface area contributed by atoms with Gasteiger partial charge in [-0.05, 0) is 78.4 Å². The van der Waals surface area contributed by atoms with Crippen molar-refractivity contribution < 1.29 is 17.6 Å². The second-order valence-electron chi connectivity index (χ2n) is 8.27. The summed E-state index contributed by atoms with van der Waals surface area (Å²) in [6.07, 6.45) is 4.18. The molecule has 0 saturated carbocycles. The molecule has 0 radical (unpaired) electrons. The third kappa shape index (κ3) is 5.92. The fourth-order valence-electron chi connectivity index (χ4n) is 3.70. The second kappa shape index (κ2) is 10.9. The first-order valence-corrected chi connectivity index (χ1v) is 11.4. The van der Waals surface area contributed by atoms with E-state index in [-0.39, 0.29) is 16.6 Å². The average molecular weight is 471 g/mol. The lowest BCUT2D eigenvalue weighted by atomic mass is 10.0. The van der Waals surface area contributed by atoms with Crippen LogP contribution < -0.4 is 0 Å². The highest BCUT2D eigenvalue weighted by atomic mass is 19.2. The highest BCUT2D eigenvalue weighted by Crippen LogP contribution is 2.24. The van der Waals surface area contributed by atoms with Gasteiger partial charge in [0.05, 0.1) is 5.56 Å². The van der Waals surface area contributed by atoms with Crippen molar-refractivity contribution in [2.45, 2.75) is 32.6 Å². The first kappa shape index (κ1) is 24.1. The molecule has 0 aliphatic carbocycles. The molecule has 0 heterocycles. The molecule has 0 aromatic heterocycles. The van der Waals surface area contributed by atoms with E-state index < -0.39 is 17.5 Å². The zero-order valence-electron chi connectivity index (χ0n) is 19.2. The molecule has 4 heteroatoms. The van der Waals surface area contributed by atoms with E-state index in [1.54, 1.807) is 42.5 Å². The van der Waals surface area contributed by atoms with Crippen LogP contribution >= 0.6 is 0 Å². The van der Waals surface area contributed by atoms with Crippen LogP contribution in [0.4, 0.5) is 17.6 Å². The Morgan fingerprint density at radius 2 is 1.26 bits per heavy atom. The molecule has 4 aromatic carbocycles. The number of benzene rings is 4. The Bertz CT molecular complexity index is 1490. The lowest BCUT2D eigenvalue weighted by Gasteiger charge is -2.02. The Hall–Kier alpha value is -4.02. The standard InChI is InChI=1S/C31H22F4/c1-2-3-4-5-23-13-16-25(28(32)19-23)15-12-22-8-6-21(7-9-22)10-11-24-14-17-27-26(18-24)20-29(33)31(35)30(27)34/h6-9,13-14,16-20H,2-5H2,1H3. The van der Waals surface area contributed by atoms with Crippen LogP contribution in [-0.2, 0) is 6.42 Å². The second-order valence-corrected chi connectivity index (χ2v) is 8.27. The van der Waals surface area contributed by atoms with Crippen LogP contribution in [-0.4, -0.2) is 0 Å². The summed E-state index contributed by atoms with van der Waals surface area (Å²) in [6.45, 7) is 2.14. The predicted molar refractivity (Wildman–Crippen MR) is 132 cm³/mol. The van der Waals surface area contributed by atoms with Crippen LogP contribution in [0.25, 0.3) is 10.8 Å². The number of hydrogen-bond acceptors (Lipinski definition) is 0. The van der Waals surface area contributed by atoms with E-state index in [1.165, 1.54) is 12.1 Å². The molecule has 0 amide bonds. The molecule has 0 fully saturated rings. The molecule has 0 N–H and O–H groups in total. The summed E-state index contributed by atoms with van der Waals surface area (Å²) in [5, 5.41) is 0.236. The molecule has 0 aliphatic rings. The number of halogens is 4. The predicted octanol–water partition coefficient (Wildman–Crippen LogP) is 7.93. The van der Waals surface area contributed by atoms with E-state index in [2.05, 4.69) is 30.6 Å². The Balaban J connectivity index is 1.47. The van der Waals surface area contributed by atoms with E-state index >= 15 is 0 Å². The van der Waals surface area contributed by atoms with Crippen LogP contribution in [0.2, 0.25) is 0 Å². The van der Waals surface area contributed by atoms with E-state index in [9.17, 15) is 17.6 Å². The summed E-state index contributed by atoms with van der Waals surface area (Å²) < 4.78 is 55.1. The summed E-state index contributed by atoms with van der Waals surface area (Å²) in [5.74, 6) is 7.53. The molecule has 0 atom stereocenters. The van der Waals surface area contributed by atoms with Crippen molar-refractivity contribution >= 4 is 10.8 Å². The van der Waals surface area contributed by atoms with Crippen LogP contribution in [0.1, 0.15) is 54.0 Å². The number of aryl methyl sites for hydroxylation is 1. The topological polar surface area (TPSA) is 0 Å². The average Bonchev–Trinajstić information content (AvgIpc) is 2.86. The fraction of sp³-hybridized carbons (Fsp3) is 0.161. The minimum absolute atomic E-state index is 0.0000490. The molecule has 4 rings (SSSR count). The molecule has 4 aromatic rings. The monoisotopic (exact) mass is 470 g/mol. The van der Waals surface area contributed by atoms with E-state index in [1.807, 2.05) is 6.07 Å². The van der Waals surface area contributed by atoms with Gasteiger partial charge in [0.2, 0.25) is 0 Å². The van der Waals surface area contributed by atoms with Gasteiger partial charge in [0.25, 0.3) is 0 Å². The largest absolute Gasteiger partial charge is 0.206 e. The van der Waals surface area contributed by atoms with Crippen molar-refractivity contribution in [2.24, 2.45) is 0 Å². The maximum Gasteiger partial charge on any atom is 0.195 e. The highest BCUT2D eigenvalue weighted by Gasteiger charge is 2.13. The van der Waals surface area contributed by atoms with Crippen molar-refractivity contribution in [1.82, 2.24) is 0 Å². The molecule has 0 aliphatic heterocycles. The molecule has 0 saturated heterocycles. The van der Waals surface area contributed by atoms with Crippen molar-refractivity contribution in [3.63, 3.8) is 0 Å². The Morgan fingerprint density at radius 3 is 1.94 bits per heavy atom. The van der Waals surface area contributed by atoms with Gasteiger partial charge in [0.1, 0.15) is 5.82 Å². The van der Waals surface area contributed by atoms with Crippen molar-refractivity contribution in [3.05, 3.63) is 118 Å². The number of rotatable bonds is 4. The number of unbranched alkanes of at least 4 members (excludes halogenated alkanes) is 2. The van der Waals surface area contributed by atoms with Gasteiger partial charge in [-0.1, -0.05) is 55.6 Å². The number of fused-ring (bicyclic) bond motifs is 1. The lowest BCUT2D eigenvalue weighted by Crippen LogP contribution is -1.92. The van der Waals surface area contributed by atoms with Gasteiger partial charge in [0.15, 0.2) is 17.5 Å². The van der Waals surface area contributed by atoms with Gasteiger partial charge >= 0.3 is 0 Å². The summed E-state index contributed by atoms with van der Waals surface area (Å²) in [4.78, 5) is 0. The lowest BCUT2D eigenvalue weighted by molar-refractivity contribution is 0.453. The van der Waals surface area contributed by atoms with E-state index in [0.717, 1.165) is 48.4 Å². The first-order valence-electron chi connectivity index (χ1n) is 11.4. The summed E-state index contributed by atoms with van der Waals surface area (Å²) in [5.41, 5.74) is 3.33. The first-order chi connectivity index (χ1) is 16.9. The minimum Gasteiger partial charge on any atom is -0.206 e. The highest BCUT2D eigenvalue weighted by molar-refractivity contribution is 5.84. The van der Waals surface area contributed by atoms with Crippen molar-refractivity contribution in [1.29, 1.82) is 0 Å². The molecule has 0 nitrogen and oxygen atoms in total. The van der Waals surface area contributed by atoms with Gasteiger partial charge in [-0.2, -0.15) is 0 Å². The van der Waals surface area contributed by atoms with E-state index in [0.29, 0.717) is 11.1 Å². The third-order valence-corrected chi connectivity index (χ3v) is 5.65. The van der Waals surface area contributed by atoms with Gasteiger partial charge in [-0.3, -0.25) is 0 Å². The maximum atomic E-state index is 14.4. The molecule has 0 bridgehead atoms. The Kier molecular flexibility index (Phi) is 7.54. The summed E-state index contributed by atoms with van der Waals surface area (Å²) >= 11 is 0. The smallest absolute Gasteiger partial charge is 0.195 e. The SMILES string of the molecule is CCCCCc1ccc(C#Cc2ccc(C#Cc3ccc4c(F)c(F)c(F)cc4c3)cc2)c(F)c1.